The molecule has 3 nitrogen and oxygen atoms in total. The summed E-state index contributed by atoms with van der Waals surface area (Å²) in [5, 5.41) is 1.23. The maximum Gasteiger partial charge on any atom is 0.297 e. The van der Waals surface area contributed by atoms with Gasteiger partial charge in [-0.2, -0.15) is 8.42 Å². The minimum Gasteiger partial charge on any atom is -0.262 e. The van der Waals surface area contributed by atoms with E-state index in [0.717, 1.165) is 5.56 Å². The number of hydrogen-bond donors (Lipinski definition) is 0. The van der Waals surface area contributed by atoms with Gasteiger partial charge < -0.3 is 0 Å². The Morgan fingerprint density at radius 1 is 0.955 bits per heavy atom. The monoisotopic (exact) mass is 334 g/mol. The van der Waals surface area contributed by atoms with Crippen molar-refractivity contribution in [1.82, 2.24) is 0 Å². The zero-order valence-electron chi connectivity index (χ0n) is 13.5. The molecule has 2 aromatic carbocycles. The van der Waals surface area contributed by atoms with Crippen LogP contribution in [-0.2, 0) is 20.9 Å². The van der Waals surface area contributed by atoms with Gasteiger partial charge in [0.2, 0.25) is 0 Å². The van der Waals surface area contributed by atoms with E-state index in [1.54, 1.807) is 25.1 Å². The molecule has 0 heterocycles. The van der Waals surface area contributed by atoms with E-state index in [-0.39, 0.29) is 11.5 Å². The molecule has 5 heteroatoms. The fraction of sp³-hybridized carbons (Fsp3) is 0.294. The summed E-state index contributed by atoms with van der Waals surface area (Å²) in [4.78, 5) is 0.237. The van der Waals surface area contributed by atoms with Crippen LogP contribution in [-0.4, -0.2) is 16.5 Å². The van der Waals surface area contributed by atoms with E-state index in [1.165, 1.54) is 5.19 Å². The van der Waals surface area contributed by atoms with E-state index in [1.807, 2.05) is 24.3 Å². The van der Waals surface area contributed by atoms with Crippen LogP contribution in [0.15, 0.2) is 53.4 Å². The quantitative estimate of drug-likeness (QED) is 0.621. The summed E-state index contributed by atoms with van der Waals surface area (Å²) in [5.41, 5.74) is 1.65. The Morgan fingerprint density at radius 3 is 2.18 bits per heavy atom. The van der Waals surface area contributed by atoms with Gasteiger partial charge in [0.1, 0.15) is 0 Å². The van der Waals surface area contributed by atoms with E-state index in [4.69, 9.17) is 4.18 Å². The van der Waals surface area contributed by atoms with Crippen LogP contribution in [0, 0.1) is 6.92 Å². The average Bonchev–Trinajstić information content (AvgIpc) is 2.45. The zero-order valence-corrected chi connectivity index (χ0v) is 15.3. The van der Waals surface area contributed by atoms with Crippen molar-refractivity contribution in [1.29, 1.82) is 0 Å². The lowest BCUT2D eigenvalue weighted by molar-refractivity contribution is 0.308. The molecule has 0 saturated carbocycles. The molecule has 0 aliphatic heterocycles. The topological polar surface area (TPSA) is 43.4 Å². The SMILES string of the molecule is Cc1ccccc1S(=O)(=O)OCc1ccccc1[Si](C)(C)C. The Bertz CT molecular complexity index is 761. The number of rotatable bonds is 5. The summed E-state index contributed by atoms with van der Waals surface area (Å²) in [6.07, 6.45) is 0. The Kier molecular flexibility index (Phi) is 4.89. The minimum absolute atomic E-state index is 0.0805. The molecule has 0 aliphatic carbocycles. The van der Waals surface area contributed by atoms with Gasteiger partial charge in [-0.1, -0.05) is 67.3 Å². The van der Waals surface area contributed by atoms with Crippen LogP contribution in [0.3, 0.4) is 0 Å². The fourth-order valence-electron chi connectivity index (χ4n) is 2.42. The van der Waals surface area contributed by atoms with Crippen molar-refractivity contribution in [3.8, 4) is 0 Å². The van der Waals surface area contributed by atoms with E-state index < -0.39 is 18.2 Å². The lowest BCUT2D eigenvalue weighted by Crippen LogP contribution is -2.40. The molecule has 0 N–H and O–H groups in total. The number of hydrogen-bond acceptors (Lipinski definition) is 3. The maximum absolute atomic E-state index is 12.4. The molecular formula is C17H22O3SSi. The molecule has 0 unspecified atom stereocenters. The third-order valence-electron chi connectivity index (χ3n) is 3.56. The largest absolute Gasteiger partial charge is 0.297 e. The summed E-state index contributed by atoms with van der Waals surface area (Å²) >= 11 is 0. The van der Waals surface area contributed by atoms with Crippen LogP contribution in [0.25, 0.3) is 0 Å². The predicted octanol–water partition coefficient (Wildman–Crippen LogP) is 3.45. The molecule has 0 aromatic heterocycles. The molecule has 0 aliphatic rings. The molecule has 2 aromatic rings. The molecule has 0 fully saturated rings. The van der Waals surface area contributed by atoms with Crippen molar-refractivity contribution in [2.75, 3.05) is 0 Å². The summed E-state index contributed by atoms with van der Waals surface area (Å²) < 4.78 is 30.1. The van der Waals surface area contributed by atoms with Gasteiger partial charge in [0.15, 0.2) is 0 Å². The summed E-state index contributed by atoms with van der Waals surface area (Å²) in [6, 6.07) is 14.8. The highest BCUT2D eigenvalue weighted by atomic mass is 32.2. The average molecular weight is 335 g/mol. The summed E-state index contributed by atoms with van der Waals surface area (Å²) in [6.45, 7) is 8.56. The molecule has 0 atom stereocenters. The van der Waals surface area contributed by atoms with E-state index in [0.29, 0.717) is 5.56 Å². The van der Waals surface area contributed by atoms with Crippen molar-refractivity contribution < 1.29 is 12.6 Å². The van der Waals surface area contributed by atoms with Crippen LogP contribution in [0.2, 0.25) is 19.6 Å². The first kappa shape index (κ1) is 16.9. The minimum atomic E-state index is -3.74. The van der Waals surface area contributed by atoms with Crippen molar-refractivity contribution in [2.24, 2.45) is 0 Å². The van der Waals surface area contributed by atoms with Crippen molar-refractivity contribution >= 4 is 23.4 Å². The standard InChI is InChI=1S/C17H22O3SSi/c1-14-9-5-7-11-16(14)21(18,19)20-13-15-10-6-8-12-17(15)22(2,3)4/h5-12H,13H2,1-4H3. The molecule has 0 saturated heterocycles. The Hall–Kier alpha value is -1.43. The van der Waals surface area contributed by atoms with Crippen LogP contribution in [0.4, 0.5) is 0 Å². The highest BCUT2D eigenvalue weighted by Gasteiger charge is 2.22. The van der Waals surface area contributed by atoms with Crippen molar-refractivity contribution in [3.05, 3.63) is 59.7 Å². The molecule has 0 amide bonds. The zero-order chi connectivity index (χ0) is 16.4. The highest BCUT2D eigenvalue weighted by molar-refractivity contribution is 7.86. The third-order valence-corrected chi connectivity index (χ3v) is 7.09. The summed E-state index contributed by atoms with van der Waals surface area (Å²) in [5.74, 6) is 0. The second kappa shape index (κ2) is 6.36. The van der Waals surface area contributed by atoms with Gasteiger partial charge in [0.25, 0.3) is 10.1 Å². The van der Waals surface area contributed by atoms with Gasteiger partial charge in [0, 0.05) is 0 Å². The van der Waals surface area contributed by atoms with Crippen molar-refractivity contribution in [2.45, 2.75) is 38.1 Å². The van der Waals surface area contributed by atoms with E-state index in [2.05, 4.69) is 25.7 Å². The lowest BCUT2D eigenvalue weighted by Gasteiger charge is -2.20. The van der Waals surface area contributed by atoms with Gasteiger partial charge in [-0.15, -0.1) is 0 Å². The molecule has 0 radical (unpaired) electrons. The Morgan fingerprint density at radius 2 is 1.55 bits per heavy atom. The first-order valence-electron chi connectivity index (χ1n) is 7.25. The molecule has 22 heavy (non-hydrogen) atoms. The molecule has 118 valence electrons. The first-order valence-corrected chi connectivity index (χ1v) is 12.2. The Labute approximate surface area is 134 Å². The number of aryl methyl sites for hydroxylation is 1. The first-order chi connectivity index (χ1) is 10.2. The second-order valence-electron chi connectivity index (χ2n) is 6.39. The predicted molar refractivity (Wildman–Crippen MR) is 92.6 cm³/mol. The number of benzene rings is 2. The van der Waals surface area contributed by atoms with Gasteiger partial charge >= 0.3 is 0 Å². The molecule has 0 spiro atoms. The lowest BCUT2D eigenvalue weighted by atomic mass is 10.2. The highest BCUT2D eigenvalue weighted by Crippen LogP contribution is 2.18. The third kappa shape index (κ3) is 3.85. The molecule has 0 bridgehead atoms. The van der Waals surface area contributed by atoms with E-state index >= 15 is 0 Å². The smallest absolute Gasteiger partial charge is 0.262 e. The van der Waals surface area contributed by atoms with Gasteiger partial charge in [-0.25, -0.2) is 0 Å². The van der Waals surface area contributed by atoms with Gasteiger partial charge in [-0.3, -0.25) is 4.18 Å². The van der Waals surface area contributed by atoms with Crippen LogP contribution >= 0.6 is 0 Å². The van der Waals surface area contributed by atoms with E-state index in [9.17, 15) is 8.42 Å². The molecular weight excluding hydrogens is 312 g/mol. The fourth-order valence-corrected chi connectivity index (χ4v) is 5.25. The normalized spacial score (nSPS) is 12.4. The van der Waals surface area contributed by atoms with Gasteiger partial charge in [-0.05, 0) is 24.1 Å². The van der Waals surface area contributed by atoms with Crippen molar-refractivity contribution in [3.63, 3.8) is 0 Å². The Balaban J connectivity index is 2.26. The van der Waals surface area contributed by atoms with Crippen LogP contribution in [0.1, 0.15) is 11.1 Å². The van der Waals surface area contributed by atoms with Crippen LogP contribution < -0.4 is 5.19 Å². The molecule has 2 rings (SSSR count). The van der Waals surface area contributed by atoms with Crippen LogP contribution in [0.5, 0.6) is 0 Å². The maximum atomic E-state index is 12.4. The van der Waals surface area contributed by atoms with Gasteiger partial charge in [0.05, 0.1) is 19.6 Å². The second-order valence-corrected chi connectivity index (χ2v) is 13.0. The summed E-state index contributed by atoms with van der Waals surface area (Å²) in [7, 11) is -5.28.